The molecule has 0 saturated heterocycles. The van der Waals surface area contributed by atoms with Crippen LogP contribution < -0.4 is 5.32 Å². The molecule has 0 unspecified atom stereocenters. The summed E-state index contributed by atoms with van der Waals surface area (Å²) in [6.45, 7) is 2.48. The van der Waals surface area contributed by atoms with Gasteiger partial charge in [0.15, 0.2) is 0 Å². The first-order valence-corrected chi connectivity index (χ1v) is 5.30. The van der Waals surface area contributed by atoms with Gasteiger partial charge >= 0.3 is 0 Å². The maximum absolute atomic E-state index is 8.79. The quantitative estimate of drug-likeness (QED) is 0.868. The van der Waals surface area contributed by atoms with Gasteiger partial charge in [-0.25, -0.2) is 9.97 Å². The predicted octanol–water partition coefficient (Wildman–Crippen LogP) is 2.27. The molecule has 0 aliphatic rings. The van der Waals surface area contributed by atoms with Crippen LogP contribution in [0.15, 0.2) is 36.5 Å². The molecular formula is C13H12N4. The highest BCUT2D eigenvalue weighted by Crippen LogP contribution is 2.10. The molecule has 17 heavy (non-hydrogen) atoms. The highest BCUT2D eigenvalue weighted by Gasteiger charge is 1.97. The first kappa shape index (κ1) is 11.1. The molecule has 1 aromatic carbocycles. The first-order chi connectivity index (χ1) is 8.28. The Morgan fingerprint density at radius 2 is 2.24 bits per heavy atom. The van der Waals surface area contributed by atoms with E-state index in [2.05, 4.69) is 21.4 Å². The van der Waals surface area contributed by atoms with Crippen LogP contribution >= 0.6 is 0 Å². The van der Waals surface area contributed by atoms with Crippen molar-refractivity contribution < 1.29 is 0 Å². The zero-order valence-electron chi connectivity index (χ0n) is 9.51. The molecule has 4 nitrogen and oxygen atoms in total. The van der Waals surface area contributed by atoms with Crippen LogP contribution in [-0.2, 0) is 6.54 Å². The Hall–Kier alpha value is -2.41. The summed E-state index contributed by atoms with van der Waals surface area (Å²) in [7, 11) is 0. The summed E-state index contributed by atoms with van der Waals surface area (Å²) in [4.78, 5) is 8.33. The summed E-state index contributed by atoms with van der Waals surface area (Å²) in [6, 6.07) is 11.3. The third-order valence-corrected chi connectivity index (χ3v) is 2.30. The van der Waals surface area contributed by atoms with Crippen molar-refractivity contribution in [3.8, 4) is 6.07 Å². The van der Waals surface area contributed by atoms with Crippen molar-refractivity contribution in [3.05, 3.63) is 53.6 Å². The average molecular weight is 224 g/mol. The van der Waals surface area contributed by atoms with Crippen molar-refractivity contribution in [2.75, 3.05) is 5.32 Å². The van der Waals surface area contributed by atoms with Crippen LogP contribution in [0.2, 0.25) is 0 Å². The van der Waals surface area contributed by atoms with Gasteiger partial charge in [-0.05, 0) is 31.2 Å². The van der Waals surface area contributed by atoms with Crippen molar-refractivity contribution in [1.82, 2.24) is 9.97 Å². The molecule has 0 radical (unpaired) electrons. The molecule has 0 amide bonds. The van der Waals surface area contributed by atoms with Crippen molar-refractivity contribution in [3.63, 3.8) is 0 Å². The molecule has 1 aromatic heterocycles. The highest BCUT2D eigenvalue weighted by molar-refractivity contribution is 5.49. The lowest BCUT2D eigenvalue weighted by atomic mass is 10.2. The SMILES string of the molecule is Cc1nccc(CNc2cccc(C#N)c2)n1. The minimum absolute atomic E-state index is 0.623. The second kappa shape index (κ2) is 5.08. The fourth-order valence-corrected chi connectivity index (χ4v) is 1.49. The van der Waals surface area contributed by atoms with Gasteiger partial charge in [-0.1, -0.05) is 6.07 Å². The summed E-state index contributed by atoms with van der Waals surface area (Å²) in [6.07, 6.45) is 1.74. The minimum Gasteiger partial charge on any atom is -0.379 e. The van der Waals surface area contributed by atoms with Crippen molar-refractivity contribution in [2.24, 2.45) is 0 Å². The molecule has 0 aliphatic carbocycles. The second-order valence-corrected chi connectivity index (χ2v) is 3.64. The summed E-state index contributed by atoms with van der Waals surface area (Å²) < 4.78 is 0. The Morgan fingerprint density at radius 3 is 3.00 bits per heavy atom. The van der Waals surface area contributed by atoms with Gasteiger partial charge in [0, 0.05) is 11.9 Å². The molecule has 2 rings (SSSR count). The Kier molecular flexibility index (Phi) is 3.31. The lowest BCUT2D eigenvalue weighted by molar-refractivity contribution is 0.955. The molecule has 84 valence electrons. The van der Waals surface area contributed by atoms with Gasteiger partial charge in [0.2, 0.25) is 0 Å². The molecule has 0 bridgehead atoms. The number of hydrogen-bond donors (Lipinski definition) is 1. The first-order valence-electron chi connectivity index (χ1n) is 5.30. The van der Waals surface area contributed by atoms with Crippen LogP contribution in [0.25, 0.3) is 0 Å². The van der Waals surface area contributed by atoms with Crippen LogP contribution in [0, 0.1) is 18.3 Å². The third-order valence-electron chi connectivity index (χ3n) is 2.30. The van der Waals surface area contributed by atoms with Gasteiger partial charge in [-0.3, -0.25) is 0 Å². The topological polar surface area (TPSA) is 61.6 Å². The molecule has 1 heterocycles. The molecule has 4 heteroatoms. The Labute approximate surface area is 100.0 Å². The van der Waals surface area contributed by atoms with Crippen molar-refractivity contribution in [1.29, 1.82) is 5.26 Å². The van der Waals surface area contributed by atoms with E-state index in [0.29, 0.717) is 12.1 Å². The zero-order chi connectivity index (χ0) is 12.1. The number of nitrogens with zero attached hydrogens (tertiary/aromatic N) is 3. The number of aromatic nitrogens is 2. The summed E-state index contributed by atoms with van der Waals surface area (Å²) in [5, 5.41) is 12.0. The average Bonchev–Trinajstić information content (AvgIpc) is 2.37. The van der Waals surface area contributed by atoms with E-state index < -0.39 is 0 Å². The lowest BCUT2D eigenvalue weighted by Gasteiger charge is -2.06. The Balaban J connectivity index is 2.05. The lowest BCUT2D eigenvalue weighted by Crippen LogP contribution is -2.03. The van der Waals surface area contributed by atoms with Gasteiger partial charge in [0.1, 0.15) is 5.82 Å². The van der Waals surface area contributed by atoms with Gasteiger partial charge in [-0.15, -0.1) is 0 Å². The monoisotopic (exact) mass is 224 g/mol. The summed E-state index contributed by atoms with van der Waals surface area (Å²) >= 11 is 0. The number of aryl methyl sites for hydroxylation is 1. The van der Waals surface area contributed by atoms with Crippen LogP contribution in [0.1, 0.15) is 17.1 Å². The largest absolute Gasteiger partial charge is 0.379 e. The number of benzene rings is 1. The summed E-state index contributed by atoms with van der Waals surface area (Å²) in [5.41, 5.74) is 2.49. The fraction of sp³-hybridized carbons (Fsp3) is 0.154. The van der Waals surface area contributed by atoms with Crippen molar-refractivity contribution in [2.45, 2.75) is 13.5 Å². The van der Waals surface area contributed by atoms with Gasteiger partial charge in [-0.2, -0.15) is 5.26 Å². The maximum Gasteiger partial charge on any atom is 0.125 e. The maximum atomic E-state index is 8.79. The van der Waals surface area contributed by atoms with E-state index in [9.17, 15) is 0 Å². The van der Waals surface area contributed by atoms with Gasteiger partial charge in [0.25, 0.3) is 0 Å². The minimum atomic E-state index is 0.623. The molecular weight excluding hydrogens is 212 g/mol. The molecule has 2 aromatic rings. The third kappa shape index (κ3) is 3.02. The number of nitrogens with one attached hydrogen (secondary N) is 1. The number of rotatable bonds is 3. The molecule has 0 fully saturated rings. The van der Waals surface area contributed by atoms with E-state index in [1.54, 1.807) is 12.3 Å². The van der Waals surface area contributed by atoms with Crippen LogP contribution in [0.3, 0.4) is 0 Å². The van der Waals surface area contributed by atoms with Crippen LogP contribution in [0.5, 0.6) is 0 Å². The normalized spacial score (nSPS) is 9.65. The van der Waals surface area contributed by atoms with Gasteiger partial charge in [0.05, 0.1) is 23.9 Å². The van der Waals surface area contributed by atoms with E-state index >= 15 is 0 Å². The zero-order valence-corrected chi connectivity index (χ0v) is 9.51. The Bertz CT molecular complexity index is 557. The molecule has 1 N–H and O–H groups in total. The van der Waals surface area contributed by atoms with E-state index in [0.717, 1.165) is 17.2 Å². The molecule has 0 atom stereocenters. The van der Waals surface area contributed by atoms with E-state index in [1.807, 2.05) is 31.2 Å². The predicted molar refractivity (Wildman–Crippen MR) is 65.3 cm³/mol. The highest BCUT2D eigenvalue weighted by atomic mass is 14.9. The number of nitriles is 1. The van der Waals surface area contributed by atoms with Gasteiger partial charge < -0.3 is 5.32 Å². The van der Waals surface area contributed by atoms with E-state index in [-0.39, 0.29) is 0 Å². The molecule has 0 spiro atoms. The van der Waals surface area contributed by atoms with E-state index in [1.165, 1.54) is 0 Å². The smallest absolute Gasteiger partial charge is 0.125 e. The molecule has 0 saturated carbocycles. The van der Waals surface area contributed by atoms with Crippen LogP contribution in [-0.4, -0.2) is 9.97 Å². The van der Waals surface area contributed by atoms with Crippen LogP contribution in [0.4, 0.5) is 5.69 Å². The molecule has 0 aliphatic heterocycles. The number of anilines is 1. The number of hydrogen-bond acceptors (Lipinski definition) is 4. The summed E-state index contributed by atoms with van der Waals surface area (Å²) in [5.74, 6) is 0.759. The fourth-order valence-electron chi connectivity index (χ4n) is 1.49. The van der Waals surface area contributed by atoms with Crippen molar-refractivity contribution >= 4 is 5.69 Å². The van der Waals surface area contributed by atoms with E-state index in [4.69, 9.17) is 5.26 Å². The Morgan fingerprint density at radius 1 is 1.35 bits per heavy atom. The second-order valence-electron chi connectivity index (χ2n) is 3.64. The standard InChI is InChI=1S/C13H12N4/c1-10-15-6-5-13(17-10)9-16-12-4-2-3-11(7-12)8-14/h2-7,16H,9H2,1H3.